The van der Waals surface area contributed by atoms with Crippen LogP contribution in [0.25, 0.3) is 5.65 Å². The summed E-state index contributed by atoms with van der Waals surface area (Å²) in [5.74, 6) is 0.660. The minimum absolute atomic E-state index is 0.242. The van der Waals surface area contributed by atoms with Crippen molar-refractivity contribution in [3.63, 3.8) is 0 Å². The van der Waals surface area contributed by atoms with Crippen LogP contribution in [0.3, 0.4) is 0 Å². The van der Waals surface area contributed by atoms with Gasteiger partial charge in [-0.3, -0.25) is 4.79 Å². The molecule has 0 radical (unpaired) electrons. The number of ether oxygens (including phenoxy) is 2. The first kappa shape index (κ1) is 19.8. The number of carbonyl (C=O) groups is 1. The number of methoxy groups -OCH3 is 1. The van der Waals surface area contributed by atoms with E-state index in [1.165, 1.54) is 7.11 Å². The van der Waals surface area contributed by atoms with E-state index in [1.54, 1.807) is 36.4 Å². The molecule has 152 valence electrons. The van der Waals surface area contributed by atoms with Crippen LogP contribution >= 0.6 is 11.6 Å². The highest BCUT2D eigenvalue weighted by Gasteiger charge is 2.15. The number of anilines is 1. The Balaban J connectivity index is 1.54. The van der Waals surface area contributed by atoms with Crippen LogP contribution in [0.4, 0.5) is 5.69 Å². The second-order valence-electron chi connectivity index (χ2n) is 6.74. The highest BCUT2D eigenvalue weighted by Crippen LogP contribution is 2.29. The zero-order chi connectivity index (χ0) is 21.1. The van der Waals surface area contributed by atoms with Crippen LogP contribution in [0.2, 0.25) is 5.02 Å². The number of para-hydroxylation sites is 1. The quantitative estimate of drug-likeness (QED) is 0.468. The fraction of sp³-hybridized carbons (Fsp3) is 0.130. The van der Waals surface area contributed by atoms with Crippen molar-refractivity contribution in [2.24, 2.45) is 0 Å². The lowest BCUT2D eigenvalue weighted by molar-refractivity contribution is 0.102. The summed E-state index contributed by atoms with van der Waals surface area (Å²) in [4.78, 5) is 17.5. The highest BCUT2D eigenvalue weighted by atomic mass is 35.5. The van der Waals surface area contributed by atoms with Gasteiger partial charge in [0.1, 0.15) is 23.8 Å². The average molecular weight is 422 g/mol. The lowest BCUT2D eigenvalue weighted by atomic mass is 10.1. The van der Waals surface area contributed by atoms with Gasteiger partial charge in [-0.15, -0.1) is 0 Å². The van der Waals surface area contributed by atoms with E-state index >= 15 is 0 Å². The first-order chi connectivity index (χ1) is 14.5. The van der Waals surface area contributed by atoms with Gasteiger partial charge in [-0.2, -0.15) is 0 Å². The third-order valence-corrected chi connectivity index (χ3v) is 4.88. The second kappa shape index (κ2) is 8.47. The molecule has 0 aliphatic heterocycles. The third-order valence-electron chi connectivity index (χ3n) is 4.64. The molecule has 30 heavy (non-hydrogen) atoms. The summed E-state index contributed by atoms with van der Waals surface area (Å²) in [5.41, 5.74) is 3.63. The number of halogens is 1. The zero-order valence-corrected chi connectivity index (χ0v) is 17.3. The maximum Gasteiger partial charge on any atom is 0.259 e. The summed E-state index contributed by atoms with van der Waals surface area (Å²) in [5, 5.41) is 3.34. The molecule has 0 unspecified atom stereocenters. The molecule has 2 heterocycles. The van der Waals surface area contributed by atoms with Gasteiger partial charge in [-0.25, -0.2) is 4.98 Å². The molecule has 2 aromatic heterocycles. The summed E-state index contributed by atoms with van der Waals surface area (Å²) in [7, 11) is 1.53. The van der Waals surface area contributed by atoms with Gasteiger partial charge in [0.2, 0.25) is 0 Å². The van der Waals surface area contributed by atoms with Crippen LogP contribution in [0.1, 0.15) is 21.6 Å². The third kappa shape index (κ3) is 4.09. The zero-order valence-electron chi connectivity index (χ0n) is 16.6. The van der Waals surface area contributed by atoms with Crippen molar-refractivity contribution in [2.45, 2.75) is 13.5 Å². The van der Waals surface area contributed by atoms with E-state index < -0.39 is 0 Å². The summed E-state index contributed by atoms with van der Waals surface area (Å²) >= 11 is 6.06. The predicted molar refractivity (Wildman–Crippen MR) is 117 cm³/mol. The van der Waals surface area contributed by atoms with Gasteiger partial charge in [0.25, 0.3) is 5.91 Å². The number of nitrogens with one attached hydrogen (secondary N) is 1. The molecule has 4 aromatic rings. The molecule has 2 aromatic carbocycles. The summed E-state index contributed by atoms with van der Waals surface area (Å²) in [6, 6.07) is 16.1. The summed E-state index contributed by atoms with van der Waals surface area (Å²) in [6.45, 7) is 2.25. The number of aryl methyl sites for hydroxylation is 1. The van der Waals surface area contributed by atoms with Crippen LogP contribution in [0, 0.1) is 6.92 Å². The van der Waals surface area contributed by atoms with Crippen molar-refractivity contribution in [1.82, 2.24) is 9.38 Å². The van der Waals surface area contributed by atoms with E-state index in [9.17, 15) is 4.79 Å². The number of amides is 1. The molecule has 0 atom stereocenters. The Labute approximate surface area is 179 Å². The molecule has 7 heteroatoms. The molecule has 0 bridgehead atoms. The molecule has 0 saturated heterocycles. The van der Waals surface area contributed by atoms with E-state index in [1.807, 2.05) is 41.9 Å². The van der Waals surface area contributed by atoms with Crippen molar-refractivity contribution in [3.8, 4) is 11.5 Å². The fourth-order valence-corrected chi connectivity index (χ4v) is 3.35. The number of fused-ring (bicyclic) bond motifs is 1. The van der Waals surface area contributed by atoms with Crippen molar-refractivity contribution in [2.75, 3.05) is 12.4 Å². The van der Waals surface area contributed by atoms with Crippen LogP contribution in [-0.2, 0) is 6.61 Å². The van der Waals surface area contributed by atoms with Crippen molar-refractivity contribution >= 4 is 28.8 Å². The Morgan fingerprint density at radius 2 is 1.97 bits per heavy atom. The molecular formula is C23H20ClN3O3. The normalized spacial score (nSPS) is 10.8. The molecule has 0 aliphatic rings. The Morgan fingerprint density at radius 1 is 1.13 bits per heavy atom. The molecule has 0 fully saturated rings. The van der Waals surface area contributed by atoms with Gasteiger partial charge in [-0.05, 0) is 48.9 Å². The smallest absolute Gasteiger partial charge is 0.259 e. The van der Waals surface area contributed by atoms with E-state index in [0.717, 1.165) is 16.9 Å². The maximum atomic E-state index is 12.9. The monoisotopic (exact) mass is 421 g/mol. The molecule has 1 amide bonds. The summed E-state index contributed by atoms with van der Waals surface area (Å²) < 4.78 is 13.2. The molecule has 1 N–H and O–H groups in total. The van der Waals surface area contributed by atoms with Gasteiger partial charge in [0.05, 0.1) is 24.1 Å². The Kier molecular flexibility index (Phi) is 5.59. The Morgan fingerprint density at radius 3 is 2.77 bits per heavy atom. The van der Waals surface area contributed by atoms with Gasteiger partial charge in [-0.1, -0.05) is 29.8 Å². The molecule has 0 spiro atoms. The van der Waals surface area contributed by atoms with E-state index in [-0.39, 0.29) is 12.5 Å². The first-order valence-corrected chi connectivity index (χ1v) is 9.73. The number of benzene rings is 2. The van der Waals surface area contributed by atoms with Crippen molar-refractivity contribution < 1.29 is 14.3 Å². The predicted octanol–water partition coefficient (Wildman–Crippen LogP) is 5.14. The molecular weight excluding hydrogens is 402 g/mol. The lowest BCUT2D eigenvalue weighted by Crippen LogP contribution is -2.14. The Bertz CT molecular complexity index is 1220. The van der Waals surface area contributed by atoms with E-state index in [0.29, 0.717) is 27.8 Å². The molecule has 0 saturated carbocycles. The minimum Gasteiger partial charge on any atom is -0.495 e. The average Bonchev–Trinajstić information content (AvgIpc) is 3.17. The Hall–Kier alpha value is -3.51. The minimum atomic E-state index is -0.322. The number of hydrogen-bond donors (Lipinski definition) is 1. The maximum absolute atomic E-state index is 12.9. The second-order valence-corrected chi connectivity index (χ2v) is 7.17. The SMILES string of the molecule is COc1ccc(Cl)cc1NC(=O)c1ccccc1OCc1cn2cccc(C)c2n1. The number of hydrogen-bond acceptors (Lipinski definition) is 4. The molecule has 0 aliphatic carbocycles. The van der Waals surface area contributed by atoms with E-state index in [4.69, 9.17) is 21.1 Å². The van der Waals surface area contributed by atoms with Crippen LogP contribution < -0.4 is 14.8 Å². The standard InChI is InChI=1S/C23H20ClN3O3/c1-15-6-5-11-27-13-17(25-22(15)27)14-30-20-8-4-3-7-18(20)23(28)26-19-12-16(24)9-10-21(19)29-2/h3-13H,14H2,1-2H3,(H,26,28). The van der Waals surface area contributed by atoms with Gasteiger partial charge >= 0.3 is 0 Å². The summed E-state index contributed by atoms with van der Waals surface area (Å²) in [6.07, 6.45) is 3.86. The largest absolute Gasteiger partial charge is 0.495 e. The number of pyridine rings is 1. The van der Waals surface area contributed by atoms with Gasteiger partial charge < -0.3 is 19.2 Å². The lowest BCUT2D eigenvalue weighted by Gasteiger charge is -2.13. The van der Waals surface area contributed by atoms with Crippen LogP contribution in [0.5, 0.6) is 11.5 Å². The van der Waals surface area contributed by atoms with Crippen molar-refractivity contribution in [1.29, 1.82) is 0 Å². The highest BCUT2D eigenvalue weighted by molar-refractivity contribution is 6.31. The van der Waals surface area contributed by atoms with Crippen molar-refractivity contribution in [3.05, 3.63) is 88.8 Å². The topological polar surface area (TPSA) is 64.9 Å². The molecule has 4 rings (SSSR count). The first-order valence-electron chi connectivity index (χ1n) is 9.35. The van der Waals surface area contributed by atoms with Crippen LogP contribution in [0.15, 0.2) is 67.0 Å². The number of nitrogens with zero attached hydrogens (tertiary/aromatic N) is 2. The fourth-order valence-electron chi connectivity index (χ4n) is 3.17. The number of imidazole rings is 1. The van der Waals surface area contributed by atoms with Gasteiger partial charge in [0.15, 0.2) is 0 Å². The number of aromatic nitrogens is 2. The molecule has 6 nitrogen and oxygen atoms in total. The number of carbonyl (C=O) groups excluding carboxylic acids is 1. The van der Waals surface area contributed by atoms with E-state index in [2.05, 4.69) is 10.3 Å². The van der Waals surface area contributed by atoms with Gasteiger partial charge in [0, 0.05) is 17.4 Å². The van der Waals surface area contributed by atoms with Crippen LogP contribution in [-0.4, -0.2) is 22.4 Å². The number of rotatable bonds is 6.